The van der Waals surface area contributed by atoms with Gasteiger partial charge in [-0.05, 0) is 31.0 Å². The van der Waals surface area contributed by atoms with Crippen LogP contribution in [0.3, 0.4) is 0 Å². The van der Waals surface area contributed by atoms with Gasteiger partial charge in [0, 0.05) is 17.2 Å². The fourth-order valence-electron chi connectivity index (χ4n) is 2.88. The minimum absolute atomic E-state index is 0.0944. The van der Waals surface area contributed by atoms with Gasteiger partial charge in [-0.25, -0.2) is 0 Å². The van der Waals surface area contributed by atoms with Gasteiger partial charge >= 0.3 is 0 Å². The quantitative estimate of drug-likeness (QED) is 0.656. The summed E-state index contributed by atoms with van der Waals surface area (Å²) in [6.45, 7) is 0. The maximum absolute atomic E-state index is 11.9. The van der Waals surface area contributed by atoms with Gasteiger partial charge in [0.25, 0.3) is 0 Å². The lowest BCUT2D eigenvalue weighted by Crippen LogP contribution is -2.14. The molecule has 0 radical (unpaired) electrons. The zero-order valence-corrected chi connectivity index (χ0v) is 9.80. The highest BCUT2D eigenvalue weighted by Crippen LogP contribution is 2.32. The summed E-state index contributed by atoms with van der Waals surface area (Å²) >= 11 is 0. The molecular formula is C14H12N2O2. The molecule has 0 aliphatic heterocycles. The molecule has 4 rings (SSSR count). The molecule has 1 aliphatic carbocycles. The van der Waals surface area contributed by atoms with E-state index in [9.17, 15) is 4.79 Å². The molecule has 3 aromatic rings. The molecule has 4 heteroatoms. The van der Waals surface area contributed by atoms with Gasteiger partial charge in [-0.2, -0.15) is 5.10 Å². The summed E-state index contributed by atoms with van der Waals surface area (Å²) in [5.74, 6) is 0.292. The van der Waals surface area contributed by atoms with Crippen molar-refractivity contribution in [3.63, 3.8) is 0 Å². The Labute approximate surface area is 103 Å². The third-order valence-electron chi connectivity index (χ3n) is 3.76. The Morgan fingerprint density at radius 1 is 1.33 bits per heavy atom. The first-order valence-electron chi connectivity index (χ1n) is 6.21. The van der Waals surface area contributed by atoms with E-state index in [1.807, 2.05) is 29.1 Å². The highest BCUT2D eigenvalue weighted by Gasteiger charge is 2.28. The van der Waals surface area contributed by atoms with Crippen molar-refractivity contribution >= 4 is 27.7 Å². The van der Waals surface area contributed by atoms with Gasteiger partial charge < -0.3 is 4.42 Å². The van der Waals surface area contributed by atoms with E-state index in [-0.39, 0.29) is 6.04 Å². The van der Waals surface area contributed by atoms with Crippen molar-refractivity contribution in [2.24, 2.45) is 0 Å². The second-order valence-electron chi connectivity index (χ2n) is 4.80. The van der Waals surface area contributed by atoms with Gasteiger partial charge in [0.1, 0.15) is 11.6 Å². The van der Waals surface area contributed by atoms with Crippen LogP contribution in [0.4, 0.5) is 0 Å². The van der Waals surface area contributed by atoms with Crippen molar-refractivity contribution in [1.82, 2.24) is 9.78 Å². The second kappa shape index (κ2) is 3.45. The standard InChI is InChI=1S/C14H12N2O2/c17-12-3-1-2-11(12)16-14-9(8-15-16)4-5-13-10(14)6-7-18-13/h4-8,11H,1-3H2. The number of hydrogen-bond acceptors (Lipinski definition) is 3. The third-order valence-corrected chi connectivity index (χ3v) is 3.76. The molecule has 0 N–H and O–H groups in total. The summed E-state index contributed by atoms with van der Waals surface area (Å²) in [6, 6.07) is 5.78. The van der Waals surface area contributed by atoms with E-state index in [2.05, 4.69) is 5.10 Å². The highest BCUT2D eigenvalue weighted by molar-refractivity contribution is 6.04. The Balaban J connectivity index is 2.05. The summed E-state index contributed by atoms with van der Waals surface area (Å²) < 4.78 is 7.29. The van der Waals surface area contributed by atoms with Crippen molar-refractivity contribution in [2.45, 2.75) is 25.3 Å². The number of hydrogen-bond donors (Lipinski definition) is 0. The summed E-state index contributed by atoms with van der Waals surface area (Å²) in [6.07, 6.45) is 6.04. The summed E-state index contributed by atoms with van der Waals surface area (Å²) in [4.78, 5) is 11.9. The molecular weight excluding hydrogens is 228 g/mol. The molecule has 0 bridgehead atoms. The fourth-order valence-corrected chi connectivity index (χ4v) is 2.88. The number of fused-ring (bicyclic) bond motifs is 3. The number of furan rings is 1. The van der Waals surface area contributed by atoms with Crippen LogP contribution in [0, 0.1) is 0 Å². The van der Waals surface area contributed by atoms with Crippen LogP contribution in [-0.2, 0) is 4.79 Å². The SMILES string of the molecule is O=C1CCCC1n1ncc2ccc3occc3c21. The highest BCUT2D eigenvalue weighted by atomic mass is 16.3. The van der Waals surface area contributed by atoms with E-state index in [0.29, 0.717) is 12.2 Å². The van der Waals surface area contributed by atoms with Crippen molar-refractivity contribution < 1.29 is 9.21 Å². The minimum atomic E-state index is -0.0944. The molecule has 90 valence electrons. The fraction of sp³-hybridized carbons (Fsp3) is 0.286. The van der Waals surface area contributed by atoms with Gasteiger partial charge in [-0.15, -0.1) is 0 Å². The minimum Gasteiger partial charge on any atom is -0.464 e. The van der Waals surface area contributed by atoms with Gasteiger partial charge in [0.2, 0.25) is 0 Å². The molecule has 1 unspecified atom stereocenters. The van der Waals surface area contributed by atoms with Crippen LogP contribution in [0.1, 0.15) is 25.3 Å². The first kappa shape index (κ1) is 9.88. The number of Topliss-reactive ketones (excluding diaryl/α,β-unsaturated/α-hetero) is 1. The smallest absolute Gasteiger partial charge is 0.157 e. The van der Waals surface area contributed by atoms with Gasteiger partial charge in [-0.1, -0.05) is 0 Å². The number of benzene rings is 1. The van der Waals surface area contributed by atoms with Crippen LogP contribution in [0.25, 0.3) is 21.9 Å². The molecule has 0 spiro atoms. The van der Waals surface area contributed by atoms with Crippen molar-refractivity contribution in [3.8, 4) is 0 Å². The van der Waals surface area contributed by atoms with E-state index in [1.165, 1.54) is 0 Å². The van der Waals surface area contributed by atoms with E-state index in [1.54, 1.807) is 6.26 Å². The van der Waals surface area contributed by atoms with Gasteiger partial charge in [0.05, 0.1) is 18.0 Å². The number of rotatable bonds is 1. The second-order valence-corrected chi connectivity index (χ2v) is 4.80. The third kappa shape index (κ3) is 1.20. The molecule has 1 aromatic carbocycles. The summed E-state index contributed by atoms with van der Waals surface area (Å²) in [5.41, 5.74) is 1.86. The lowest BCUT2D eigenvalue weighted by atomic mass is 10.1. The number of aromatic nitrogens is 2. The summed E-state index contributed by atoms with van der Waals surface area (Å²) in [5, 5.41) is 6.50. The van der Waals surface area contributed by atoms with Gasteiger partial charge in [0.15, 0.2) is 5.78 Å². The first-order chi connectivity index (χ1) is 8.84. The zero-order chi connectivity index (χ0) is 12.1. The maximum atomic E-state index is 11.9. The van der Waals surface area contributed by atoms with Crippen molar-refractivity contribution in [2.75, 3.05) is 0 Å². The van der Waals surface area contributed by atoms with Gasteiger partial charge in [-0.3, -0.25) is 9.48 Å². The van der Waals surface area contributed by atoms with Crippen LogP contribution in [0.15, 0.2) is 35.1 Å². The van der Waals surface area contributed by atoms with E-state index in [4.69, 9.17) is 4.42 Å². The Morgan fingerprint density at radius 2 is 2.28 bits per heavy atom. The van der Waals surface area contributed by atoms with Crippen LogP contribution < -0.4 is 0 Å². The normalized spacial score (nSPS) is 20.2. The number of carbonyl (C=O) groups excluding carboxylic acids is 1. The molecule has 1 aliphatic rings. The summed E-state index contributed by atoms with van der Waals surface area (Å²) in [7, 11) is 0. The lowest BCUT2D eigenvalue weighted by Gasteiger charge is -2.10. The van der Waals surface area contributed by atoms with Crippen LogP contribution in [0.2, 0.25) is 0 Å². The van der Waals surface area contributed by atoms with E-state index < -0.39 is 0 Å². The average Bonchev–Trinajstić information content (AvgIpc) is 3.04. The Bertz CT molecular complexity index is 753. The molecule has 18 heavy (non-hydrogen) atoms. The largest absolute Gasteiger partial charge is 0.464 e. The van der Waals surface area contributed by atoms with Crippen LogP contribution >= 0.6 is 0 Å². The zero-order valence-electron chi connectivity index (χ0n) is 9.80. The van der Waals surface area contributed by atoms with E-state index in [0.717, 1.165) is 34.7 Å². The first-order valence-corrected chi connectivity index (χ1v) is 6.21. The lowest BCUT2D eigenvalue weighted by molar-refractivity contribution is -0.120. The monoisotopic (exact) mass is 240 g/mol. The van der Waals surface area contributed by atoms with Crippen LogP contribution in [0.5, 0.6) is 0 Å². The molecule has 1 saturated carbocycles. The molecule has 2 heterocycles. The number of nitrogens with zero attached hydrogens (tertiary/aromatic N) is 2. The topological polar surface area (TPSA) is 48.0 Å². The molecule has 4 nitrogen and oxygen atoms in total. The predicted molar refractivity (Wildman–Crippen MR) is 67.4 cm³/mol. The Kier molecular flexibility index (Phi) is 1.89. The molecule has 1 atom stereocenters. The molecule has 1 fully saturated rings. The molecule has 0 amide bonds. The predicted octanol–water partition coefficient (Wildman–Crippen LogP) is 3.08. The Hall–Kier alpha value is -2.10. The van der Waals surface area contributed by atoms with E-state index >= 15 is 0 Å². The number of carbonyl (C=O) groups is 1. The van der Waals surface area contributed by atoms with Crippen molar-refractivity contribution in [3.05, 3.63) is 30.7 Å². The van der Waals surface area contributed by atoms with Crippen molar-refractivity contribution in [1.29, 1.82) is 0 Å². The van der Waals surface area contributed by atoms with Crippen LogP contribution in [-0.4, -0.2) is 15.6 Å². The molecule has 2 aromatic heterocycles. The Morgan fingerprint density at radius 3 is 3.11 bits per heavy atom. The number of ketones is 1. The average molecular weight is 240 g/mol. The molecule has 0 saturated heterocycles. The maximum Gasteiger partial charge on any atom is 0.157 e.